The van der Waals surface area contributed by atoms with Crippen LogP contribution in [-0.4, -0.2) is 11.8 Å². The van der Waals surface area contributed by atoms with Crippen LogP contribution in [0.5, 0.6) is 5.75 Å². The molecular formula is C72H64BN2O2. The summed E-state index contributed by atoms with van der Waals surface area (Å²) in [5.74, 6) is 1.78. The number of hydrogen-bond acceptors (Lipinski definition) is 3. The fourth-order valence-electron chi connectivity index (χ4n) is 13.0. The van der Waals surface area contributed by atoms with Crippen LogP contribution in [0.2, 0.25) is 0 Å². The standard InChI is InChI=1S/C72H64BN2O2/c1-69(2,3)43-26-30-46(31-27-43)74-57-38-55-49(47-32-28-45(71(7,8)9)35-54(47)72(55,10)11)36-50(57)64-53-40-76-60-25-19-18-24-48(60)63(53)65-51-34-44(70(4,5)6)29-33-58(51)75-59-37-52-61(39-56(59)73-66(64)67(65)75)77-68(42-22-16-13-17-23-42)62(52)41-20-14-12-15-21-41/h12-39,74H,40H2,1-11H3. The highest BCUT2D eigenvalue weighted by molar-refractivity contribution is 6.74. The maximum atomic E-state index is 7.12. The fourth-order valence-corrected chi connectivity index (χ4v) is 13.0. The van der Waals surface area contributed by atoms with Crippen molar-refractivity contribution in [3.05, 3.63) is 203 Å². The highest BCUT2D eigenvalue weighted by Gasteiger charge is 2.40. The van der Waals surface area contributed by atoms with Gasteiger partial charge in [-0.05, 0) is 126 Å². The predicted molar refractivity (Wildman–Crippen MR) is 325 cm³/mol. The molecule has 14 rings (SSSR count). The van der Waals surface area contributed by atoms with E-state index in [1.165, 1.54) is 82.9 Å². The minimum atomic E-state index is -0.245. The third-order valence-corrected chi connectivity index (χ3v) is 17.2. The summed E-state index contributed by atoms with van der Waals surface area (Å²) in [7, 11) is 2.46. The SMILES string of the molecule is CC(C)(C)c1ccc(Nc2cc3c(cc2-c2c4c(c5c6cc(C(C)(C)C)ccc6n6c5c2[B]c2cc5oc(-c7ccccc7)c(-c7ccccc7)c5cc2-6)-c2ccccc2OC4)-c2ccc(C(C)(C)C)cc2C3(C)C)cc1. The normalized spacial score (nSPS) is 14.2. The first-order chi connectivity index (χ1) is 36.8. The molecule has 5 heteroatoms. The fraction of sp³-hybridized carbons (Fsp3) is 0.222. The molecule has 4 nitrogen and oxygen atoms in total. The van der Waals surface area contributed by atoms with E-state index in [0.29, 0.717) is 6.61 Å². The van der Waals surface area contributed by atoms with E-state index in [9.17, 15) is 0 Å². The lowest BCUT2D eigenvalue weighted by Gasteiger charge is -2.31. The molecule has 0 saturated carbocycles. The number of benzene rings is 9. The van der Waals surface area contributed by atoms with Gasteiger partial charge in [-0.3, -0.25) is 0 Å². The molecule has 11 aromatic rings. The van der Waals surface area contributed by atoms with E-state index in [2.05, 4.69) is 263 Å². The van der Waals surface area contributed by atoms with Crippen LogP contribution in [0, 0.1) is 0 Å². The first-order valence-corrected chi connectivity index (χ1v) is 27.5. The van der Waals surface area contributed by atoms with Crippen LogP contribution in [0.1, 0.15) is 110 Å². The third kappa shape index (κ3) is 7.26. The molecule has 0 bridgehead atoms. The average Bonchev–Trinajstić information content (AvgIpc) is 4.21. The minimum Gasteiger partial charge on any atom is -0.488 e. The Balaban J connectivity index is 1.12. The van der Waals surface area contributed by atoms with Crippen molar-refractivity contribution in [1.82, 2.24) is 4.57 Å². The first-order valence-electron chi connectivity index (χ1n) is 27.5. The molecule has 0 amide bonds. The van der Waals surface area contributed by atoms with Crippen molar-refractivity contribution in [2.45, 2.75) is 104 Å². The van der Waals surface area contributed by atoms with E-state index in [1.54, 1.807) is 0 Å². The van der Waals surface area contributed by atoms with Gasteiger partial charge in [-0.2, -0.15) is 0 Å². The number of rotatable bonds is 5. The molecule has 0 saturated heterocycles. The zero-order valence-corrected chi connectivity index (χ0v) is 46.2. The van der Waals surface area contributed by atoms with E-state index in [-0.39, 0.29) is 21.7 Å². The van der Waals surface area contributed by atoms with Crippen molar-refractivity contribution < 1.29 is 9.15 Å². The summed E-state index contributed by atoms with van der Waals surface area (Å²) in [5.41, 5.74) is 26.8. The van der Waals surface area contributed by atoms with Gasteiger partial charge < -0.3 is 19.0 Å². The molecule has 0 fully saturated rings. The van der Waals surface area contributed by atoms with Crippen LogP contribution in [-0.2, 0) is 28.3 Å². The molecule has 0 spiro atoms. The Hall–Kier alpha value is -8.02. The lowest BCUT2D eigenvalue weighted by Crippen LogP contribution is -2.38. The zero-order valence-electron chi connectivity index (χ0n) is 46.2. The van der Waals surface area contributed by atoms with Gasteiger partial charge in [-0.25, -0.2) is 0 Å². The van der Waals surface area contributed by atoms with Gasteiger partial charge in [0.05, 0.1) is 5.52 Å². The molecule has 3 aliphatic rings. The molecule has 377 valence electrons. The van der Waals surface area contributed by atoms with Gasteiger partial charge in [-0.1, -0.05) is 197 Å². The largest absolute Gasteiger partial charge is 0.488 e. The lowest BCUT2D eigenvalue weighted by atomic mass is 9.57. The Kier molecular flexibility index (Phi) is 10.2. The Bertz CT molecular complexity index is 4270. The predicted octanol–water partition coefficient (Wildman–Crippen LogP) is 18.0. The van der Waals surface area contributed by atoms with E-state index < -0.39 is 0 Å². The summed E-state index contributed by atoms with van der Waals surface area (Å²) in [6.45, 7) is 26.0. The summed E-state index contributed by atoms with van der Waals surface area (Å²) in [6, 6.07) is 63.2. The van der Waals surface area contributed by atoms with E-state index in [0.717, 1.165) is 72.8 Å². The molecule has 9 aromatic carbocycles. The highest BCUT2D eigenvalue weighted by Crippen LogP contribution is 2.56. The van der Waals surface area contributed by atoms with Crippen LogP contribution in [0.25, 0.3) is 94.3 Å². The Labute approximate surface area is 454 Å². The zero-order chi connectivity index (χ0) is 53.1. The second-order valence-corrected chi connectivity index (χ2v) is 25.6. The molecule has 1 aliphatic carbocycles. The molecule has 2 aliphatic heterocycles. The number of anilines is 2. The van der Waals surface area contributed by atoms with Crippen molar-refractivity contribution in [2.24, 2.45) is 0 Å². The van der Waals surface area contributed by atoms with Gasteiger partial charge >= 0.3 is 0 Å². The molecule has 1 radical (unpaired) electrons. The van der Waals surface area contributed by atoms with Crippen molar-refractivity contribution in [3.8, 4) is 67.3 Å². The number of furan rings is 1. The van der Waals surface area contributed by atoms with Crippen molar-refractivity contribution in [1.29, 1.82) is 0 Å². The maximum Gasteiger partial charge on any atom is 0.198 e. The number of fused-ring (bicyclic) bond motifs is 13. The van der Waals surface area contributed by atoms with Gasteiger partial charge in [-0.15, -0.1) is 0 Å². The van der Waals surface area contributed by atoms with Crippen LogP contribution in [0.4, 0.5) is 11.4 Å². The molecule has 1 N–H and O–H groups in total. The number of aromatic nitrogens is 1. The van der Waals surface area contributed by atoms with Crippen LogP contribution in [0.15, 0.2) is 174 Å². The molecule has 4 heterocycles. The Morgan fingerprint density at radius 2 is 1.17 bits per heavy atom. The van der Waals surface area contributed by atoms with E-state index in [1.807, 2.05) is 0 Å². The average molecular weight is 1000 g/mol. The molecule has 77 heavy (non-hydrogen) atoms. The highest BCUT2D eigenvalue weighted by atomic mass is 16.5. The minimum absolute atomic E-state index is 0.0100. The van der Waals surface area contributed by atoms with Gasteiger partial charge in [0.25, 0.3) is 0 Å². The number of para-hydroxylation sites is 1. The van der Waals surface area contributed by atoms with Crippen LogP contribution >= 0.6 is 0 Å². The van der Waals surface area contributed by atoms with Crippen molar-refractivity contribution in [3.63, 3.8) is 0 Å². The summed E-state index contributed by atoms with van der Waals surface area (Å²) < 4.78 is 16.7. The van der Waals surface area contributed by atoms with Crippen LogP contribution in [0.3, 0.4) is 0 Å². The number of nitrogens with one attached hydrogen (secondary N) is 1. The summed E-state index contributed by atoms with van der Waals surface area (Å²) >= 11 is 0. The molecule has 0 unspecified atom stereocenters. The molecular weight excluding hydrogens is 936 g/mol. The number of hydrogen-bond donors (Lipinski definition) is 1. The van der Waals surface area contributed by atoms with Crippen molar-refractivity contribution in [2.75, 3.05) is 5.32 Å². The first kappa shape index (κ1) is 47.4. The summed E-state index contributed by atoms with van der Waals surface area (Å²) in [6.07, 6.45) is 0. The number of ether oxygens (including phenoxy) is 1. The van der Waals surface area contributed by atoms with Crippen LogP contribution < -0.4 is 21.0 Å². The summed E-state index contributed by atoms with van der Waals surface area (Å²) in [5, 5.41) is 7.68. The second kappa shape index (κ2) is 16.5. The van der Waals surface area contributed by atoms with Crippen molar-refractivity contribution >= 4 is 62.4 Å². The monoisotopic (exact) mass is 1000 g/mol. The smallest absolute Gasteiger partial charge is 0.198 e. The lowest BCUT2D eigenvalue weighted by molar-refractivity contribution is 0.303. The Morgan fingerprint density at radius 3 is 1.88 bits per heavy atom. The van der Waals surface area contributed by atoms with E-state index in [4.69, 9.17) is 9.15 Å². The molecule has 0 atom stereocenters. The topological polar surface area (TPSA) is 39.3 Å². The maximum absolute atomic E-state index is 7.12. The van der Waals surface area contributed by atoms with E-state index >= 15 is 0 Å². The third-order valence-electron chi connectivity index (χ3n) is 17.2. The second-order valence-electron chi connectivity index (χ2n) is 25.6. The van der Waals surface area contributed by atoms with Gasteiger partial charge in [0.2, 0.25) is 0 Å². The summed E-state index contributed by atoms with van der Waals surface area (Å²) in [4.78, 5) is 0. The quantitative estimate of drug-likeness (QED) is 0.175. The molecule has 2 aromatic heterocycles. The van der Waals surface area contributed by atoms with Gasteiger partial charge in [0.1, 0.15) is 23.7 Å². The van der Waals surface area contributed by atoms with Gasteiger partial charge in [0, 0.05) is 77.5 Å². The van der Waals surface area contributed by atoms with Gasteiger partial charge in [0.15, 0.2) is 7.28 Å². The Morgan fingerprint density at radius 1 is 0.532 bits per heavy atom. The number of nitrogens with zero attached hydrogens (tertiary/aromatic N) is 1.